The molecule has 0 aromatic heterocycles. The predicted octanol–water partition coefficient (Wildman–Crippen LogP) is 2.46. The quantitative estimate of drug-likeness (QED) is 0.768. The lowest BCUT2D eigenvalue weighted by molar-refractivity contribution is -0.130. The van der Waals surface area contributed by atoms with Crippen molar-refractivity contribution in [1.29, 1.82) is 0 Å². The van der Waals surface area contributed by atoms with Crippen molar-refractivity contribution in [1.82, 2.24) is 4.90 Å². The van der Waals surface area contributed by atoms with Crippen molar-refractivity contribution in [3.8, 4) is 0 Å². The van der Waals surface area contributed by atoms with Gasteiger partial charge in [-0.2, -0.15) is 0 Å². The summed E-state index contributed by atoms with van der Waals surface area (Å²) in [6.45, 7) is 5.79. The Balaban J connectivity index is 2.57. The fourth-order valence-corrected chi connectivity index (χ4v) is 1.80. The number of nitrogens with two attached hydrogens (primary N) is 1. The average Bonchev–Trinajstić information content (AvgIpc) is 2.30. The standard InChI is InChI=1S/C14H22N2O/c1-3-5-9-16(4-2)14(17)11-12-7-6-8-13(15)10-12/h6-8,10H,3-5,9,11,15H2,1-2H3. The SMILES string of the molecule is CCCCN(CC)C(=O)Cc1cccc(N)c1. The molecule has 0 spiro atoms. The van der Waals surface area contributed by atoms with Crippen LogP contribution in [0.25, 0.3) is 0 Å². The van der Waals surface area contributed by atoms with Gasteiger partial charge in [0, 0.05) is 18.8 Å². The first-order chi connectivity index (χ1) is 8.17. The smallest absolute Gasteiger partial charge is 0.226 e. The van der Waals surface area contributed by atoms with Gasteiger partial charge in [0.25, 0.3) is 0 Å². The second-order valence-electron chi connectivity index (χ2n) is 4.25. The first-order valence-corrected chi connectivity index (χ1v) is 6.29. The number of anilines is 1. The fourth-order valence-electron chi connectivity index (χ4n) is 1.80. The molecular formula is C14H22N2O. The van der Waals surface area contributed by atoms with Crippen LogP contribution in [0.2, 0.25) is 0 Å². The van der Waals surface area contributed by atoms with E-state index in [0.717, 1.165) is 31.5 Å². The molecular weight excluding hydrogens is 212 g/mol. The largest absolute Gasteiger partial charge is 0.399 e. The summed E-state index contributed by atoms with van der Waals surface area (Å²) in [5.41, 5.74) is 7.40. The van der Waals surface area contributed by atoms with Crippen molar-refractivity contribution in [2.24, 2.45) is 0 Å². The number of benzene rings is 1. The monoisotopic (exact) mass is 234 g/mol. The molecule has 0 saturated carbocycles. The van der Waals surface area contributed by atoms with E-state index in [-0.39, 0.29) is 5.91 Å². The molecule has 0 aliphatic rings. The Morgan fingerprint density at radius 3 is 2.71 bits per heavy atom. The Bertz CT molecular complexity index is 363. The molecule has 0 aliphatic heterocycles. The van der Waals surface area contributed by atoms with E-state index in [1.165, 1.54) is 0 Å². The van der Waals surface area contributed by atoms with Crippen molar-refractivity contribution in [2.45, 2.75) is 33.1 Å². The molecule has 1 rings (SSSR count). The number of nitrogen functional groups attached to an aromatic ring is 1. The Hall–Kier alpha value is -1.51. The third-order valence-corrected chi connectivity index (χ3v) is 2.82. The Morgan fingerprint density at radius 1 is 1.35 bits per heavy atom. The topological polar surface area (TPSA) is 46.3 Å². The van der Waals surface area contributed by atoms with Gasteiger partial charge in [-0.15, -0.1) is 0 Å². The third-order valence-electron chi connectivity index (χ3n) is 2.82. The van der Waals surface area contributed by atoms with E-state index in [1.54, 1.807) is 0 Å². The highest BCUT2D eigenvalue weighted by atomic mass is 16.2. The lowest BCUT2D eigenvalue weighted by atomic mass is 10.1. The zero-order valence-electron chi connectivity index (χ0n) is 10.8. The van der Waals surface area contributed by atoms with Gasteiger partial charge >= 0.3 is 0 Å². The van der Waals surface area contributed by atoms with Gasteiger partial charge in [-0.3, -0.25) is 4.79 Å². The van der Waals surface area contributed by atoms with E-state index in [9.17, 15) is 4.79 Å². The number of carbonyl (C=O) groups excluding carboxylic acids is 1. The minimum Gasteiger partial charge on any atom is -0.399 e. The molecule has 17 heavy (non-hydrogen) atoms. The molecule has 2 N–H and O–H groups in total. The molecule has 0 fully saturated rings. The Morgan fingerprint density at radius 2 is 2.12 bits per heavy atom. The summed E-state index contributed by atoms with van der Waals surface area (Å²) in [6.07, 6.45) is 2.63. The number of rotatable bonds is 6. The van der Waals surface area contributed by atoms with Crippen molar-refractivity contribution < 1.29 is 4.79 Å². The maximum absolute atomic E-state index is 12.0. The van der Waals surface area contributed by atoms with Gasteiger partial charge in [-0.05, 0) is 31.0 Å². The number of amides is 1. The van der Waals surface area contributed by atoms with E-state index in [1.807, 2.05) is 36.1 Å². The van der Waals surface area contributed by atoms with E-state index in [2.05, 4.69) is 6.92 Å². The highest BCUT2D eigenvalue weighted by Gasteiger charge is 2.11. The summed E-state index contributed by atoms with van der Waals surface area (Å²) in [7, 11) is 0. The van der Waals surface area contributed by atoms with Crippen LogP contribution in [-0.4, -0.2) is 23.9 Å². The van der Waals surface area contributed by atoms with Gasteiger partial charge in [-0.1, -0.05) is 25.5 Å². The Kier molecular flexibility index (Phi) is 5.53. The molecule has 3 heteroatoms. The van der Waals surface area contributed by atoms with Crippen LogP contribution >= 0.6 is 0 Å². The van der Waals surface area contributed by atoms with E-state index in [4.69, 9.17) is 5.73 Å². The molecule has 3 nitrogen and oxygen atoms in total. The minimum absolute atomic E-state index is 0.187. The third kappa shape index (κ3) is 4.47. The normalized spacial score (nSPS) is 10.2. The van der Waals surface area contributed by atoms with E-state index >= 15 is 0 Å². The highest BCUT2D eigenvalue weighted by Crippen LogP contribution is 2.09. The average molecular weight is 234 g/mol. The van der Waals surface area contributed by atoms with Gasteiger partial charge < -0.3 is 10.6 Å². The first-order valence-electron chi connectivity index (χ1n) is 6.29. The molecule has 0 bridgehead atoms. The van der Waals surface area contributed by atoms with Crippen LogP contribution < -0.4 is 5.73 Å². The number of carbonyl (C=O) groups is 1. The molecule has 1 aromatic carbocycles. The maximum Gasteiger partial charge on any atom is 0.226 e. The van der Waals surface area contributed by atoms with Crippen LogP contribution in [0.1, 0.15) is 32.3 Å². The molecule has 0 saturated heterocycles. The van der Waals surface area contributed by atoms with Crippen LogP contribution in [-0.2, 0) is 11.2 Å². The van der Waals surface area contributed by atoms with Crippen LogP contribution in [0.3, 0.4) is 0 Å². The molecule has 1 aromatic rings. The van der Waals surface area contributed by atoms with Crippen molar-refractivity contribution in [3.05, 3.63) is 29.8 Å². The van der Waals surface area contributed by atoms with Gasteiger partial charge in [0.05, 0.1) is 6.42 Å². The lowest BCUT2D eigenvalue weighted by Gasteiger charge is -2.20. The Labute approximate surface area is 104 Å². The molecule has 0 aliphatic carbocycles. The number of hydrogen-bond donors (Lipinski definition) is 1. The second-order valence-corrected chi connectivity index (χ2v) is 4.25. The van der Waals surface area contributed by atoms with Crippen molar-refractivity contribution in [3.63, 3.8) is 0 Å². The minimum atomic E-state index is 0.187. The molecule has 0 atom stereocenters. The van der Waals surface area contributed by atoms with Crippen molar-refractivity contribution >= 4 is 11.6 Å². The summed E-state index contributed by atoms with van der Waals surface area (Å²) in [4.78, 5) is 14.0. The highest BCUT2D eigenvalue weighted by molar-refractivity contribution is 5.79. The molecule has 1 amide bonds. The molecule has 0 heterocycles. The zero-order valence-corrected chi connectivity index (χ0v) is 10.8. The van der Waals surface area contributed by atoms with Crippen LogP contribution in [0.15, 0.2) is 24.3 Å². The zero-order chi connectivity index (χ0) is 12.7. The lowest BCUT2D eigenvalue weighted by Crippen LogP contribution is -2.32. The molecule has 0 unspecified atom stereocenters. The van der Waals surface area contributed by atoms with Crippen LogP contribution in [0.4, 0.5) is 5.69 Å². The first kappa shape index (κ1) is 13.6. The predicted molar refractivity (Wildman–Crippen MR) is 71.7 cm³/mol. The molecule has 94 valence electrons. The number of likely N-dealkylation sites (N-methyl/N-ethyl adjacent to an activating group) is 1. The second kappa shape index (κ2) is 6.94. The number of hydrogen-bond acceptors (Lipinski definition) is 2. The summed E-state index contributed by atoms with van der Waals surface area (Å²) in [5, 5.41) is 0. The van der Waals surface area contributed by atoms with Crippen LogP contribution in [0, 0.1) is 0 Å². The molecule has 0 radical (unpaired) electrons. The van der Waals surface area contributed by atoms with Gasteiger partial charge in [-0.25, -0.2) is 0 Å². The summed E-state index contributed by atoms with van der Waals surface area (Å²) in [5.74, 6) is 0.187. The summed E-state index contributed by atoms with van der Waals surface area (Å²) >= 11 is 0. The maximum atomic E-state index is 12.0. The number of nitrogens with zero attached hydrogens (tertiary/aromatic N) is 1. The van der Waals surface area contributed by atoms with Gasteiger partial charge in [0.15, 0.2) is 0 Å². The van der Waals surface area contributed by atoms with Gasteiger partial charge in [0.1, 0.15) is 0 Å². The fraction of sp³-hybridized carbons (Fsp3) is 0.500. The summed E-state index contributed by atoms with van der Waals surface area (Å²) in [6, 6.07) is 7.54. The van der Waals surface area contributed by atoms with Crippen LogP contribution in [0.5, 0.6) is 0 Å². The van der Waals surface area contributed by atoms with Gasteiger partial charge in [0.2, 0.25) is 5.91 Å². The van der Waals surface area contributed by atoms with E-state index < -0.39 is 0 Å². The van der Waals surface area contributed by atoms with Crippen molar-refractivity contribution in [2.75, 3.05) is 18.8 Å². The number of unbranched alkanes of at least 4 members (excludes halogenated alkanes) is 1. The van der Waals surface area contributed by atoms with E-state index in [0.29, 0.717) is 12.1 Å². The summed E-state index contributed by atoms with van der Waals surface area (Å²) < 4.78 is 0.